The van der Waals surface area contributed by atoms with Gasteiger partial charge in [0.05, 0.1) is 0 Å². The summed E-state index contributed by atoms with van der Waals surface area (Å²) in [6.45, 7) is 6.00. The van der Waals surface area contributed by atoms with Gasteiger partial charge in [-0.25, -0.2) is 0 Å². The minimum Gasteiger partial charge on any atom is -0.399 e. The zero-order valence-corrected chi connectivity index (χ0v) is 14.9. The van der Waals surface area contributed by atoms with Crippen LogP contribution in [0, 0.1) is 0 Å². The third-order valence-corrected chi connectivity index (χ3v) is 4.82. The summed E-state index contributed by atoms with van der Waals surface area (Å²) >= 11 is 0. The van der Waals surface area contributed by atoms with Gasteiger partial charge >= 0.3 is 0 Å². The van der Waals surface area contributed by atoms with Crippen molar-refractivity contribution < 1.29 is 0 Å². The van der Waals surface area contributed by atoms with Crippen LogP contribution in [0.25, 0.3) is 0 Å². The van der Waals surface area contributed by atoms with Crippen LogP contribution in [0.15, 0.2) is 24.3 Å². The predicted octanol–water partition coefficient (Wildman–Crippen LogP) is 3.56. The molecule has 1 heterocycles. The summed E-state index contributed by atoms with van der Waals surface area (Å²) in [6.07, 6.45) is 7.03. The number of rotatable bonds is 3. The Morgan fingerprint density at radius 2 is 1.73 bits per heavy atom. The van der Waals surface area contributed by atoms with Crippen LogP contribution in [0.1, 0.15) is 37.7 Å². The second-order valence-electron chi connectivity index (χ2n) is 6.35. The molecule has 0 bridgehead atoms. The topological polar surface area (TPSA) is 32.5 Å². The maximum Gasteiger partial charge on any atom is 0.0317 e. The first-order chi connectivity index (χ1) is 9.81. The molecule has 0 unspecified atom stereocenters. The van der Waals surface area contributed by atoms with Gasteiger partial charge < -0.3 is 5.73 Å². The first-order valence-corrected chi connectivity index (χ1v) is 8.12. The van der Waals surface area contributed by atoms with Crippen molar-refractivity contribution >= 4 is 30.5 Å². The summed E-state index contributed by atoms with van der Waals surface area (Å²) in [5.41, 5.74) is 8.10. The van der Waals surface area contributed by atoms with Gasteiger partial charge in [0.15, 0.2) is 0 Å². The van der Waals surface area contributed by atoms with Gasteiger partial charge in [0, 0.05) is 31.4 Å². The summed E-state index contributed by atoms with van der Waals surface area (Å²) in [5, 5.41) is 0. The summed E-state index contributed by atoms with van der Waals surface area (Å²) in [7, 11) is 0. The molecular formula is C17H29Cl2N3. The van der Waals surface area contributed by atoms with Gasteiger partial charge in [-0.3, -0.25) is 9.80 Å². The lowest BCUT2D eigenvalue weighted by Crippen LogP contribution is -2.36. The van der Waals surface area contributed by atoms with Crippen molar-refractivity contribution in [2.75, 3.05) is 31.9 Å². The monoisotopic (exact) mass is 345 g/mol. The van der Waals surface area contributed by atoms with E-state index < -0.39 is 0 Å². The average Bonchev–Trinajstić information content (AvgIpc) is 2.87. The highest BCUT2D eigenvalue weighted by atomic mass is 35.5. The normalized spacial score (nSPS) is 20.9. The Balaban J connectivity index is 0.00000121. The zero-order chi connectivity index (χ0) is 13.8. The molecule has 2 aliphatic rings. The van der Waals surface area contributed by atoms with Crippen LogP contribution in [0.3, 0.4) is 0 Å². The summed E-state index contributed by atoms with van der Waals surface area (Å²) in [6, 6.07) is 9.21. The fourth-order valence-electron chi connectivity index (χ4n) is 3.73. The highest BCUT2D eigenvalue weighted by Gasteiger charge is 2.24. The van der Waals surface area contributed by atoms with E-state index in [2.05, 4.69) is 28.0 Å². The van der Waals surface area contributed by atoms with Crippen molar-refractivity contribution in [3.8, 4) is 0 Å². The first-order valence-electron chi connectivity index (χ1n) is 8.12. The molecule has 0 atom stereocenters. The van der Waals surface area contributed by atoms with Crippen LogP contribution in [0.4, 0.5) is 5.69 Å². The lowest BCUT2D eigenvalue weighted by atomic mass is 10.2. The molecule has 1 aliphatic heterocycles. The molecule has 5 heteroatoms. The zero-order valence-electron chi connectivity index (χ0n) is 13.2. The molecule has 1 aliphatic carbocycles. The molecule has 2 N–H and O–H groups in total. The Bertz CT molecular complexity index is 436. The van der Waals surface area contributed by atoms with Gasteiger partial charge in [-0.15, -0.1) is 24.8 Å². The lowest BCUT2D eigenvalue weighted by molar-refractivity contribution is 0.198. The molecule has 3 nitrogen and oxygen atoms in total. The third-order valence-electron chi connectivity index (χ3n) is 4.82. The van der Waals surface area contributed by atoms with E-state index in [4.69, 9.17) is 5.73 Å². The molecule has 1 saturated carbocycles. The highest BCUT2D eigenvalue weighted by molar-refractivity contribution is 5.85. The summed E-state index contributed by atoms with van der Waals surface area (Å²) in [5.74, 6) is 0. The number of nitrogens with zero attached hydrogens (tertiary/aromatic N) is 2. The molecule has 0 spiro atoms. The lowest BCUT2D eigenvalue weighted by Gasteiger charge is -2.27. The Kier molecular flexibility index (Phi) is 8.55. The summed E-state index contributed by atoms with van der Waals surface area (Å²) in [4.78, 5) is 5.33. The SMILES string of the molecule is Cl.Cl.Nc1cccc(CN2CCCN(C3CCCC3)CC2)c1. The number of benzene rings is 1. The van der Waals surface area contributed by atoms with Gasteiger partial charge in [-0.05, 0) is 50.0 Å². The van der Waals surface area contributed by atoms with Gasteiger partial charge in [-0.1, -0.05) is 25.0 Å². The molecule has 2 fully saturated rings. The van der Waals surface area contributed by atoms with Crippen LogP contribution < -0.4 is 5.73 Å². The maximum absolute atomic E-state index is 5.87. The average molecular weight is 346 g/mol. The first kappa shape index (κ1) is 19.6. The Hall–Kier alpha value is -0.480. The Morgan fingerprint density at radius 1 is 0.955 bits per heavy atom. The Labute approximate surface area is 147 Å². The quantitative estimate of drug-likeness (QED) is 0.850. The van der Waals surface area contributed by atoms with E-state index in [1.54, 1.807) is 0 Å². The van der Waals surface area contributed by atoms with Gasteiger partial charge in [0.1, 0.15) is 0 Å². The molecule has 126 valence electrons. The molecular weight excluding hydrogens is 317 g/mol. The van der Waals surface area contributed by atoms with E-state index >= 15 is 0 Å². The van der Waals surface area contributed by atoms with Crippen molar-refractivity contribution in [1.29, 1.82) is 0 Å². The number of hydrogen-bond acceptors (Lipinski definition) is 3. The number of anilines is 1. The van der Waals surface area contributed by atoms with E-state index in [0.717, 1.165) is 18.3 Å². The largest absolute Gasteiger partial charge is 0.399 e. The molecule has 0 aromatic heterocycles. The smallest absolute Gasteiger partial charge is 0.0317 e. The van der Waals surface area contributed by atoms with Gasteiger partial charge in [0.25, 0.3) is 0 Å². The van der Waals surface area contributed by atoms with E-state index in [0.29, 0.717) is 0 Å². The van der Waals surface area contributed by atoms with Crippen LogP contribution in [-0.2, 0) is 6.54 Å². The van der Waals surface area contributed by atoms with Crippen molar-refractivity contribution in [3.05, 3.63) is 29.8 Å². The van der Waals surface area contributed by atoms with E-state index in [9.17, 15) is 0 Å². The van der Waals surface area contributed by atoms with Crippen molar-refractivity contribution in [2.45, 2.75) is 44.7 Å². The molecule has 22 heavy (non-hydrogen) atoms. The number of nitrogens with two attached hydrogens (primary N) is 1. The second kappa shape index (κ2) is 9.61. The molecule has 1 aromatic carbocycles. The van der Waals surface area contributed by atoms with Crippen molar-refractivity contribution in [2.24, 2.45) is 0 Å². The molecule has 1 aromatic rings. The van der Waals surface area contributed by atoms with Crippen molar-refractivity contribution in [3.63, 3.8) is 0 Å². The van der Waals surface area contributed by atoms with Crippen molar-refractivity contribution in [1.82, 2.24) is 9.80 Å². The molecule has 1 saturated heterocycles. The minimum absolute atomic E-state index is 0. The van der Waals surface area contributed by atoms with Crippen LogP contribution in [-0.4, -0.2) is 42.0 Å². The maximum atomic E-state index is 5.87. The van der Waals surface area contributed by atoms with E-state index in [1.807, 2.05) is 6.07 Å². The summed E-state index contributed by atoms with van der Waals surface area (Å²) < 4.78 is 0. The highest BCUT2D eigenvalue weighted by Crippen LogP contribution is 2.24. The van der Waals surface area contributed by atoms with E-state index in [1.165, 1.54) is 63.8 Å². The molecule has 0 radical (unpaired) electrons. The van der Waals surface area contributed by atoms with Crippen LogP contribution in [0.2, 0.25) is 0 Å². The van der Waals surface area contributed by atoms with E-state index in [-0.39, 0.29) is 24.8 Å². The number of nitrogen functional groups attached to an aromatic ring is 1. The van der Waals surface area contributed by atoms with Crippen LogP contribution in [0.5, 0.6) is 0 Å². The number of hydrogen-bond donors (Lipinski definition) is 1. The third kappa shape index (κ3) is 5.31. The van der Waals surface area contributed by atoms with Gasteiger partial charge in [-0.2, -0.15) is 0 Å². The minimum atomic E-state index is 0. The predicted molar refractivity (Wildman–Crippen MR) is 99.1 cm³/mol. The molecule has 0 amide bonds. The van der Waals surface area contributed by atoms with Crippen LogP contribution >= 0.6 is 24.8 Å². The van der Waals surface area contributed by atoms with Gasteiger partial charge in [0.2, 0.25) is 0 Å². The molecule has 3 rings (SSSR count). The standard InChI is InChI=1S/C17H27N3.2ClH/c18-16-6-3-5-15(13-16)14-19-9-4-10-20(12-11-19)17-7-1-2-8-17;;/h3,5-6,13,17H,1-2,4,7-12,14,18H2;2*1H. The fourth-order valence-corrected chi connectivity index (χ4v) is 3.73. The second-order valence-corrected chi connectivity index (χ2v) is 6.35. The number of halogens is 2. The fraction of sp³-hybridized carbons (Fsp3) is 0.647. The Morgan fingerprint density at radius 3 is 2.45 bits per heavy atom.